The van der Waals surface area contributed by atoms with Gasteiger partial charge in [0.1, 0.15) is 12.2 Å². The van der Waals surface area contributed by atoms with E-state index in [-0.39, 0.29) is 5.60 Å². The monoisotopic (exact) mass is 226 g/mol. The minimum absolute atomic E-state index is 0.122. The lowest BCUT2D eigenvalue weighted by atomic mass is 10.0. The van der Waals surface area contributed by atoms with Crippen molar-refractivity contribution in [3.63, 3.8) is 0 Å². The zero-order valence-electron chi connectivity index (χ0n) is 9.05. The van der Waals surface area contributed by atoms with Crippen molar-refractivity contribution in [1.82, 2.24) is 0 Å². The Morgan fingerprint density at radius 3 is 3.00 bits per heavy atom. The van der Waals surface area contributed by atoms with E-state index < -0.39 is 0 Å². The van der Waals surface area contributed by atoms with Crippen molar-refractivity contribution in [2.75, 3.05) is 12.5 Å². The molecule has 0 saturated carbocycles. The van der Waals surface area contributed by atoms with Crippen LogP contribution in [-0.4, -0.2) is 18.1 Å². The topological polar surface area (TPSA) is 18.5 Å². The van der Waals surface area contributed by atoms with Crippen LogP contribution in [0.15, 0.2) is 18.2 Å². The van der Waals surface area contributed by atoms with Crippen molar-refractivity contribution in [2.45, 2.75) is 25.9 Å². The van der Waals surface area contributed by atoms with Crippen LogP contribution in [0.4, 0.5) is 0 Å². The normalized spacial score (nSPS) is 17.0. The molecule has 0 amide bonds. The number of hydrogen-bond acceptors (Lipinski definition) is 2. The van der Waals surface area contributed by atoms with Crippen molar-refractivity contribution in [1.29, 1.82) is 0 Å². The van der Waals surface area contributed by atoms with Gasteiger partial charge in [-0.15, -0.1) is 11.6 Å². The largest absolute Gasteiger partial charge is 0.488 e. The van der Waals surface area contributed by atoms with E-state index in [2.05, 4.69) is 19.9 Å². The maximum absolute atomic E-state index is 5.85. The van der Waals surface area contributed by atoms with Gasteiger partial charge in [-0.3, -0.25) is 0 Å². The zero-order chi connectivity index (χ0) is 10.9. The van der Waals surface area contributed by atoms with Gasteiger partial charge in [-0.2, -0.15) is 0 Å². The molecule has 1 aliphatic rings. The molecule has 0 aliphatic carbocycles. The summed E-state index contributed by atoms with van der Waals surface area (Å²) in [7, 11) is 0. The second-order valence-electron chi connectivity index (χ2n) is 4.32. The molecule has 2 rings (SSSR count). The van der Waals surface area contributed by atoms with Gasteiger partial charge in [-0.05, 0) is 19.9 Å². The Morgan fingerprint density at radius 1 is 1.47 bits per heavy atom. The quantitative estimate of drug-likeness (QED) is 0.738. The molecule has 0 atom stereocenters. The van der Waals surface area contributed by atoms with Crippen LogP contribution in [0.3, 0.4) is 0 Å². The standard InChI is InChI=1S/C12H15ClO2/c1-12(2)8-9-4-3-5-10(11(9)15-12)14-7-6-13/h3-5H,6-8H2,1-2H3. The predicted molar refractivity (Wildman–Crippen MR) is 61.1 cm³/mol. The number of para-hydroxylation sites is 1. The second-order valence-corrected chi connectivity index (χ2v) is 4.70. The first-order chi connectivity index (χ1) is 7.12. The SMILES string of the molecule is CC1(C)Cc2cccc(OCCCl)c2O1. The van der Waals surface area contributed by atoms with E-state index in [0.717, 1.165) is 17.9 Å². The number of ether oxygens (including phenoxy) is 2. The smallest absolute Gasteiger partial charge is 0.165 e. The molecule has 1 aromatic rings. The molecular formula is C12H15ClO2. The van der Waals surface area contributed by atoms with Gasteiger partial charge in [-0.25, -0.2) is 0 Å². The van der Waals surface area contributed by atoms with E-state index in [1.807, 2.05) is 12.1 Å². The molecule has 0 spiro atoms. The lowest BCUT2D eigenvalue weighted by Crippen LogP contribution is -2.24. The summed E-state index contributed by atoms with van der Waals surface area (Å²) in [4.78, 5) is 0. The Labute approximate surface area is 95.1 Å². The maximum Gasteiger partial charge on any atom is 0.165 e. The van der Waals surface area contributed by atoms with Gasteiger partial charge in [0, 0.05) is 12.0 Å². The first kappa shape index (κ1) is 10.6. The highest BCUT2D eigenvalue weighted by molar-refractivity contribution is 6.18. The van der Waals surface area contributed by atoms with Gasteiger partial charge >= 0.3 is 0 Å². The lowest BCUT2D eigenvalue weighted by molar-refractivity contribution is 0.132. The van der Waals surface area contributed by atoms with Gasteiger partial charge in [0.25, 0.3) is 0 Å². The summed E-state index contributed by atoms with van der Waals surface area (Å²) >= 11 is 5.59. The number of fused-ring (bicyclic) bond motifs is 1. The third-order valence-electron chi connectivity index (χ3n) is 2.39. The van der Waals surface area contributed by atoms with E-state index in [9.17, 15) is 0 Å². The van der Waals surface area contributed by atoms with Gasteiger partial charge in [0.05, 0.1) is 5.88 Å². The van der Waals surface area contributed by atoms with Gasteiger partial charge in [0.2, 0.25) is 0 Å². The third-order valence-corrected chi connectivity index (χ3v) is 2.54. The molecule has 3 heteroatoms. The fraction of sp³-hybridized carbons (Fsp3) is 0.500. The summed E-state index contributed by atoms with van der Waals surface area (Å²) in [6, 6.07) is 6.00. The molecule has 2 nitrogen and oxygen atoms in total. The summed E-state index contributed by atoms with van der Waals surface area (Å²) in [5, 5.41) is 0. The first-order valence-electron chi connectivity index (χ1n) is 5.12. The molecule has 1 heterocycles. The van der Waals surface area contributed by atoms with Crippen LogP contribution < -0.4 is 9.47 Å². The second kappa shape index (κ2) is 3.93. The Kier molecular flexibility index (Phi) is 2.79. The Bertz CT molecular complexity index is 361. The van der Waals surface area contributed by atoms with Gasteiger partial charge < -0.3 is 9.47 Å². The number of hydrogen-bond donors (Lipinski definition) is 0. The van der Waals surface area contributed by atoms with Gasteiger partial charge in [-0.1, -0.05) is 12.1 Å². The number of benzene rings is 1. The van der Waals surface area contributed by atoms with Crippen LogP contribution in [0.25, 0.3) is 0 Å². The van der Waals surface area contributed by atoms with Gasteiger partial charge in [0.15, 0.2) is 11.5 Å². The molecule has 0 unspecified atom stereocenters. The molecule has 0 fully saturated rings. The lowest BCUT2D eigenvalue weighted by Gasteiger charge is -2.18. The minimum atomic E-state index is -0.122. The first-order valence-corrected chi connectivity index (χ1v) is 5.65. The number of alkyl halides is 1. The van der Waals surface area contributed by atoms with E-state index >= 15 is 0 Å². The third kappa shape index (κ3) is 2.20. The van der Waals surface area contributed by atoms with Crippen LogP contribution >= 0.6 is 11.6 Å². The van der Waals surface area contributed by atoms with Crippen molar-refractivity contribution in [3.05, 3.63) is 23.8 Å². The Balaban J connectivity index is 2.25. The van der Waals surface area contributed by atoms with E-state index in [1.165, 1.54) is 5.56 Å². The molecule has 1 aliphatic heterocycles. The zero-order valence-corrected chi connectivity index (χ0v) is 9.80. The average Bonchev–Trinajstić information content (AvgIpc) is 2.49. The summed E-state index contributed by atoms with van der Waals surface area (Å²) in [6.07, 6.45) is 0.931. The summed E-state index contributed by atoms with van der Waals surface area (Å²) < 4.78 is 11.4. The van der Waals surface area contributed by atoms with Crippen LogP contribution in [0, 0.1) is 0 Å². The van der Waals surface area contributed by atoms with Crippen molar-refractivity contribution in [3.8, 4) is 11.5 Å². The van der Waals surface area contributed by atoms with Crippen molar-refractivity contribution >= 4 is 11.6 Å². The molecule has 1 aromatic carbocycles. The highest BCUT2D eigenvalue weighted by atomic mass is 35.5. The van der Waals surface area contributed by atoms with Crippen molar-refractivity contribution < 1.29 is 9.47 Å². The molecule has 82 valence electrons. The fourth-order valence-electron chi connectivity index (χ4n) is 1.85. The van der Waals surface area contributed by atoms with E-state index in [0.29, 0.717) is 12.5 Å². The van der Waals surface area contributed by atoms with Crippen molar-refractivity contribution in [2.24, 2.45) is 0 Å². The minimum Gasteiger partial charge on any atom is -0.488 e. The molecule has 0 N–H and O–H groups in total. The molecule has 0 bridgehead atoms. The number of rotatable bonds is 3. The fourth-order valence-corrected chi connectivity index (χ4v) is 1.93. The molecule has 15 heavy (non-hydrogen) atoms. The summed E-state index contributed by atoms with van der Waals surface area (Å²) in [5.41, 5.74) is 1.09. The highest BCUT2D eigenvalue weighted by Gasteiger charge is 2.32. The average molecular weight is 227 g/mol. The van der Waals surface area contributed by atoms with Crippen LogP contribution in [-0.2, 0) is 6.42 Å². The van der Waals surface area contributed by atoms with E-state index in [4.69, 9.17) is 21.1 Å². The maximum atomic E-state index is 5.85. The highest BCUT2D eigenvalue weighted by Crippen LogP contribution is 2.41. The summed E-state index contributed by atoms with van der Waals surface area (Å²) in [5.74, 6) is 2.18. The molecule has 0 aromatic heterocycles. The Morgan fingerprint density at radius 2 is 2.27 bits per heavy atom. The van der Waals surface area contributed by atoms with Crippen LogP contribution in [0.5, 0.6) is 11.5 Å². The number of halogens is 1. The van der Waals surface area contributed by atoms with Crippen LogP contribution in [0.1, 0.15) is 19.4 Å². The molecule has 0 radical (unpaired) electrons. The summed E-state index contributed by atoms with van der Waals surface area (Å²) in [6.45, 7) is 4.68. The Hall–Kier alpha value is -0.890. The van der Waals surface area contributed by atoms with E-state index in [1.54, 1.807) is 0 Å². The van der Waals surface area contributed by atoms with Crippen LogP contribution in [0.2, 0.25) is 0 Å². The molecule has 0 saturated heterocycles. The molecular weight excluding hydrogens is 212 g/mol. The predicted octanol–water partition coefficient (Wildman–Crippen LogP) is 3.02.